The van der Waals surface area contributed by atoms with Gasteiger partial charge in [0, 0.05) is 38.1 Å². The van der Waals surface area contributed by atoms with E-state index in [1.165, 1.54) is 0 Å². The standard InChI is InChI=1S/C41H25N5/c1-3-13-26(14-4-1)33-25-34(27-15-5-2-6-16-27)44-41(43-33)46-35-20-10-7-17-28(35)29-23-24-31-38(39(29)46)30-18-8-11-21-36(30)45-37-22-12-9-19-32(37)42-40(31)45/h1-25H. The summed E-state index contributed by atoms with van der Waals surface area (Å²) in [5.74, 6) is 0.636. The van der Waals surface area contributed by atoms with Crippen LogP contribution in [0.1, 0.15) is 0 Å². The number of fused-ring (bicyclic) bond motifs is 12. The normalized spacial score (nSPS) is 11.9. The Hall–Kier alpha value is -6.33. The van der Waals surface area contributed by atoms with Crippen molar-refractivity contribution in [3.8, 4) is 28.5 Å². The van der Waals surface area contributed by atoms with E-state index in [0.29, 0.717) is 5.95 Å². The second-order valence-electron chi connectivity index (χ2n) is 11.7. The van der Waals surface area contributed by atoms with Crippen LogP contribution in [0.25, 0.3) is 88.6 Å². The van der Waals surface area contributed by atoms with E-state index in [9.17, 15) is 0 Å². The molecule has 46 heavy (non-hydrogen) atoms. The monoisotopic (exact) mass is 587 g/mol. The van der Waals surface area contributed by atoms with Crippen LogP contribution in [0.5, 0.6) is 0 Å². The largest absolute Gasteiger partial charge is 0.292 e. The lowest BCUT2D eigenvalue weighted by atomic mass is 10.0. The van der Waals surface area contributed by atoms with E-state index in [1.807, 2.05) is 12.1 Å². The van der Waals surface area contributed by atoms with Crippen molar-refractivity contribution >= 4 is 60.2 Å². The zero-order valence-corrected chi connectivity index (χ0v) is 24.7. The highest BCUT2D eigenvalue weighted by Gasteiger charge is 2.22. The van der Waals surface area contributed by atoms with E-state index in [1.54, 1.807) is 0 Å². The highest BCUT2D eigenvalue weighted by atomic mass is 15.2. The molecule has 0 saturated heterocycles. The van der Waals surface area contributed by atoms with Crippen LogP contribution in [0.15, 0.2) is 152 Å². The van der Waals surface area contributed by atoms with Gasteiger partial charge < -0.3 is 0 Å². The third-order valence-electron chi connectivity index (χ3n) is 9.11. The molecule has 4 aromatic heterocycles. The number of para-hydroxylation sites is 4. The predicted octanol–water partition coefficient (Wildman–Crippen LogP) is 10.0. The quantitative estimate of drug-likeness (QED) is 0.193. The summed E-state index contributed by atoms with van der Waals surface area (Å²) in [6.07, 6.45) is 0. The molecule has 0 amide bonds. The van der Waals surface area contributed by atoms with Gasteiger partial charge in [-0.2, -0.15) is 0 Å². The van der Waals surface area contributed by atoms with Crippen LogP contribution in [-0.2, 0) is 0 Å². The van der Waals surface area contributed by atoms with Gasteiger partial charge in [0.1, 0.15) is 5.65 Å². The minimum atomic E-state index is 0.636. The molecule has 6 aromatic carbocycles. The van der Waals surface area contributed by atoms with E-state index in [2.05, 4.69) is 148 Å². The highest BCUT2D eigenvalue weighted by molar-refractivity contribution is 6.27. The van der Waals surface area contributed by atoms with E-state index in [0.717, 1.165) is 82.7 Å². The summed E-state index contributed by atoms with van der Waals surface area (Å²) in [6, 6.07) is 52.9. The molecule has 10 aromatic rings. The molecule has 0 aliphatic rings. The number of benzene rings is 6. The van der Waals surface area contributed by atoms with Gasteiger partial charge in [0.05, 0.1) is 39.0 Å². The summed E-state index contributed by atoms with van der Waals surface area (Å²) < 4.78 is 4.56. The number of pyridine rings is 1. The minimum absolute atomic E-state index is 0.636. The summed E-state index contributed by atoms with van der Waals surface area (Å²) in [5, 5.41) is 5.71. The fourth-order valence-corrected chi connectivity index (χ4v) is 7.10. The van der Waals surface area contributed by atoms with Gasteiger partial charge in [-0.05, 0) is 36.4 Å². The zero-order chi connectivity index (χ0) is 30.2. The smallest absolute Gasteiger partial charge is 0.235 e. The first-order chi connectivity index (χ1) is 22.8. The first kappa shape index (κ1) is 25.0. The van der Waals surface area contributed by atoms with Crippen LogP contribution in [-0.4, -0.2) is 23.9 Å². The molecule has 0 bridgehead atoms. The van der Waals surface area contributed by atoms with Gasteiger partial charge in [-0.3, -0.25) is 8.97 Å². The Balaban J connectivity index is 1.42. The zero-order valence-electron chi connectivity index (χ0n) is 24.7. The van der Waals surface area contributed by atoms with Crippen LogP contribution in [0, 0.1) is 0 Å². The van der Waals surface area contributed by atoms with Gasteiger partial charge in [0.2, 0.25) is 5.95 Å². The molecule has 0 aliphatic carbocycles. The van der Waals surface area contributed by atoms with E-state index in [-0.39, 0.29) is 0 Å². The van der Waals surface area contributed by atoms with Crippen molar-refractivity contribution in [3.05, 3.63) is 152 Å². The Morgan fingerprint density at radius 1 is 0.413 bits per heavy atom. The number of hydrogen-bond donors (Lipinski definition) is 0. The van der Waals surface area contributed by atoms with Gasteiger partial charge in [-0.15, -0.1) is 0 Å². The lowest BCUT2D eigenvalue weighted by molar-refractivity contribution is 0.998. The molecule has 214 valence electrons. The summed E-state index contributed by atoms with van der Waals surface area (Å²) in [6.45, 7) is 0. The van der Waals surface area contributed by atoms with Crippen LogP contribution in [0.2, 0.25) is 0 Å². The Bertz CT molecular complexity index is 2740. The first-order valence-electron chi connectivity index (χ1n) is 15.5. The average Bonchev–Trinajstić information content (AvgIpc) is 3.69. The molecular weight excluding hydrogens is 562 g/mol. The summed E-state index contributed by atoms with van der Waals surface area (Å²) in [4.78, 5) is 15.8. The second kappa shape index (κ2) is 9.58. The summed E-state index contributed by atoms with van der Waals surface area (Å²) in [7, 11) is 0. The fraction of sp³-hybridized carbons (Fsp3) is 0. The van der Waals surface area contributed by atoms with Crippen molar-refractivity contribution in [1.82, 2.24) is 23.9 Å². The Morgan fingerprint density at radius 3 is 1.70 bits per heavy atom. The molecule has 10 rings (SSSR count). The van der Waals surface area contributed by atoms with Crippen molar-refractivity contribution in [2.45, 2.75) is 0 Å². The molecule has 0 spiro atoms. The maximum Gasteiger partial charge on any atom is 0.235 e. The summed E-state index contributed by atoms with van der Waals surface area (Å²) in [5.41, 5.74) is 10.1. The number of imidazole rings is 1. The average molecular weight is 588 g/mol. The van der Waals surface area contributed by atoms with E-state index < -0.39 is 0 Å². The molecule has 0 N–H and O–H groups in total. The topological polar surface area (TPSA) is 48.0 Å². The van der Waals surface area contributed by atoms with Crippen molar-refractivity contribution in [2.75, 3.05) is 0 Å². The SMILES string of the molecule is c1ccc(-c2cc(-c3ccccc3)nc(-n3c4ccccc4c4ccc5c(c6ccccc6n6c7ccccc7nc56)c43)n2)cc1. The maximum absolute atomic E-state index is 5.29. The van der Waals surface area contributed by atoms with Crippen LogP contribution < -0.4 is 0 Å². The third-order valence-corrected chi connectivity index (χ3v) is 9.11. The fourth-order valence-electron chi connectivity index (χ4n) is 7.10. The maximum atomic E-state index is 5.29. The van der Waals surface area contributed by atoms with Crippen LogP contribution >= 0.6 is 0 Å². The second-order valence-corrected chi connectivity index (χ2v) is 11.7. The lowest BCUT2D eigenvalue weighted by Gasteiger charge is -2.14. The van der Waals surface area contributed by atoms with Crippen molar-refractivity contribution in [1.29, 1.82) is 0 Å². The van der Waals surface area contributed by atoms with E-state index in [4.69, 9.17) is 15.0 Å². The van der Waals surface area contributed by atoms with Crippen molar-refractivity contribution in [3.63, 3.8) is 0 Å². The molecule has 5 heteroatoms. The number of nitrogens with zero attached hydrogens (tertiary/aromatic N) is 5. The Morgan fingerprint density at radius 2 is 0.978 bits per heavy atom. The number of hydrogen-bond acceptors (Lipinski definition) is 3. The minimum Gasteiger partial charge on any atom is -0.292 e. The molecule has 0 atom stereocenters. The van der Waals surface area contributed by atoms with E-state index >= 15 is 0 Å². The number of aromatic nitrogens is 5. The van der Waals surface area contributed by atoms with Crippen LogP contribution in [0.3, 0.4) is 0 Å². The molecule has 0 aliphatic heterocycles. The number of rotatable bonds is 3. The highest BCUT2D eigenvalue weighted by Crippen LogP contribution is 2.41. The van der Waals surface area contributed by atoms with Gasteiger partial charge in [0.25, 0.3) is 0 Å². The molecule has 0 saturated carbocycles. The van der Waals surface area contributed by atoms with Crippen LogP contribution in [0.4, 0.5) is 0 Å². The van der Waals surface area contributed by atoms with Gasteiger partial charge in [-0.25, -0.2) is 15.0 Å². The van der Waals surface area contributed by atoms with Gasteiger partial charge in [0.15, 0.2) is 0 Å². The third kappa shape index (κ3) is 3.54. The Labute approximate surface area is 263 Å². The lowest BCUT2D eigenvalue weighted by Crippen LogP contribution is -2.04. The molecular formula is C41H25N5. The predicted molar refractivity (Wildman–Crippen MR) is 189 cm³/mol. The van der Waals surface area contributed by atoms with Crippen molar-refractivity contribution < 1.29 is 0 Å². The molecule has 0 fully saturated rings. The molecule has 0 radical (unpaired) electrons. The van der Waals surface area contributed by atoms with Crippen molar-refractivity contribution in [2.24, 2.45) is 0 Å². The Kier molecular flexibility index (Phi) is 5.22. The molecule has 4 heterocycles. The summed E-state index contributed by atoms with van der Waals surface area (Å²) >= 11 is 0. The molecule has 0 unspecified atom stereocenters. The van der Waals surface area contributed by atoms with Gasteiger partial charge in [-0.1, -0.05) is 115 Å². The van der Waals surface area contributed by atoms with Gasteiger partial charge >= 0.3 is 0 Å². The molecule has 5 nitrogen and oxygen atoms in total. The first-order valence-corrected chi connectivity index (χ1v) is 15.5.